The summed E-state index contributed by atoms with van der Waals surface area (Å²) in [6.45, 7) is 0. The maximum atomic E-state index is 10.1. The molecule has 0 atom stereocenters. The van der Waals surface area contributed by atoms with Crippen LogP contribution in [0.4, 0.5) is 0 Å². The molecule has 0 saturated heterocycles. The van der Waals surface area contributed by atoms with Crippen LogP contribution >= 0.6 is 15.9 Å². The third-order valence-corrected chi connectivity index (χ3v) is 3.31. The van der Waals surface area contributed by atoms with E-state index in [4.69, 9.17) is 4.74 Å². The van der Waals surface area contributed by atoms with E-state index in [1.807, 2.05) is 6.07 Å². The molecule has 2 heterocycles. The fraction of sp³-hybridized carbons (Fsp3) is 0.0714. The molecule has 0 radical (unpaired) electrons. The van der Waals surface area contributed by atoms with Gasteiger partial charge in [0.25, 0.3) is 0 Å². The smallest absolute Gasteiger partial charge is 0.222 e. The number of nitrogens with zero attached hydrogens (tertiary/aromatic N) is 3. The molecular formula is C14H10BrN3O2. The second-order valence-electron chi connectivity index (χ2n) is 4.12. The summed E-state index contributed by atoms with van der Waals surface area (Å²) in [7, 11) is 1.56. The van der Waals surface area contributed by atoms with E-state index >= 15 is 0 Å². The molecule has 0 unspecified atom stereocenters. The van der Waals surface area contributed by atoms with Crippen LogP contribution in [0.2, 0.25) is 0 Å². The van der Waals surface area contributed by atoms with Crippen LogP contribution in [0.1, 0.15) is 0 Å². The number of halogens is 1. The van der Waals surface area contributed by atoms with Crippen molar-refractivity contribution in [1.29, 1.82) is 0 Å². The Kier molecular flexibility index (Phi) is 3.23. The van der Waals surface area contributed by atoms with Crippen molar-refractivity contribution in [3.05, 3.63) is 41.1 Å². The van der Waals surface area contributed by atoms with Crippen molar-refractivity contribution in [1.82, 2.24) is 15.0 Å². The molecule has 2 aromatic heterocycles. The second-order valence-corrected chi connectivity index (χ2v) is 5.03. The van der Waals surface area contributed by atoms with Crippen molar-refractivity contribution in [3.63, 3.8) is 0 Å². The normalized spacial score (nSPS) is 10.7. The molecule has 0 aliphatic heterocycles. The van der Waals surface area contributed by atoms with Crippen LogP contribution in [0.15, 0.2) is 41.1 Å². The van der Waals surface area contributed by atoms with Crippen LogP contribution in [-0.2, 0) is 0 Å². The minimum Gasteiger partial charge on any atom is -0.494 e. The average Bonchev–Trinajstić information content (AvgIpc) is 2.48. The summed E-state index contributed by atoms with van der Waals surface area (Å²) in [5.41, 5.74) is 1.29. The molecule has 0 fully saturated rings. The van der Waals surface area contributed by atoms with E-state index in [-0.39, 0.29) is 5.88 Å². The van der Waals surface area contributed by atoms with Gasteiger partial charge in [0.05, 0.1) is 12.5 Å². The Bertz CT molecular complexity index is 778. The van der Waals surface area contributed by atoms with Gasteiger partial charge in [-0.25, -0.2) is 4.98 Å². The number of benzene rings is 1. The SMILES string of the molecule is COc1cc(Br)cc2c(O)nc(-c3cccnc3)nc12. The lowest BCUT2D eigenvalue weighted by Crippen LogP contribution is -1.94. The minimum atomic E-state index is -0.0894. The first-order valence-electron chi connectivity index (χ1n) is 5.83. The number of ether oxygens (including phenoxy) is 1. The van der Waals surface area contributed by atoms with Crippen LogP contribution in [0.25, 0.3) is 22.3 Å². The van der Waals surface area contributed by atoms with Gasteiger partial charge in [0, 0.05) is 22.4 Å². The zero-order valence-corrected chi connectivity index (χ0v) is 12.1. The first-order valence-corrected chi connectivity index (χ1v) is 6.63. The standard InChI is InChI=1S/C14H10BrN3O2/c1-20-11-6-9(15)5-10-12(11)17-13(18-14(10)19)8-3-2-4-16-7-8/h2-7H,1H3,(H,17,18,19). The van der Waals surface area contributed by atoms with Gasteiger partial charge < -0.3 is 9.84 Å². The summed E-state index contributed by atoms with van der Waals surface area (Å²) >= 11 is 3.37. The summed E-state index contributed by atoms with van der Waals surface area (Å²) in [6.07, 6.45) is 3.31. The molecule has 0 aliphatic rings. The summed E-state index contributed by atoms with van der Waals surface area (Å²) in [6, 6.07) is 7.17. The number of hydrogen-bond acceptors (Lipinski definition) is 5. The monoisotopic (exact) mass is 331 g/mol. The predicted octanol–water partition coefficient (Wildman–Crippen LogP) is 3.17. The highest BCUT2D eigenvalue weighted by atomic mass is 79.9. The highest BCUT2D eigenvalue weighted by molar-refractivity contribution is 9.10. The maximum Gasteiger partial charge on any atom is 0.222 e. The molecule has 1 aromatic carbocycles. The van der Waals surface area contributed by atoms with E-state index in [1.54, 1.807) is 37.7 Å². The van der Waals surface area contributed by atoms with Gasteiger partial charge in [0.1, 0.15) is 11.3 Å². The number of methoxy groups -OCH3 is 1. The number of aromatic hydroxyl groups is 1. The van der Waals surface area contributed by atoms with Gasteiger partial charge in [-0.15, -0.1) is 0 Å². The van der Waals surface area contributed by atoms with Gasteiger partial charge in [-0.3, -0.25) is 4.98 Å². The molecule has 1 N–H and O–H groups in total. The molecule has 0 spiro atoms. The van der Waals surface area contributed by atoms with E-state index in [2.05, 4.69) is 30.9 Å². The van der Waals surface area contributed by atoms with Gasteiger partial charge in [0.15, 0.2) is 5.82 Å². The van der Waals surface area contributed by atoms with Crippen LogP contribution in [0.3, 0.4) is 0 Å². The van der Waals surface area contributed by atoms with Crippen molar-refractivity contribution < 1.29 is 9.84 Å². The van der Waals surface area contributed by atoms with Crippen molar-refractivity contribution >= 4 is 26.8 Å². The topological polar surface area (TPSA) is 68.1 Å². The average molecular weight is 332 g/mol. The minimum absolute atomic E-state index is 0.0894. The number of pyridine rings is 1. The number of aromatic nitrogens is 3. The largest absolute Gasteiger partial charge is 0.494 e. The predicted molar refractivity (Wildman–Crippen MR) is 78.7 cm³/mol. The first kappa shape index (κ1) is 12.8. The van der Waals surface area contributed by atoms with Crippen molar-refractivity contribution in [3.8, 4) is 23.0 Å². The van der Waals surface area contributed by atoms with Gasteiger partial charge in [-0.1, -0.05) is 15.9 Å². The lowest BCUT2D eigenvalue weighted by atomic mass is 10.2. The third kappa shape index (κ3) is 2.18. The summed E-state index contributed by atoms with van der Waals surface area (Å²) in [5.74, 6) is 0.884. The van der Waals surface area contributed by atoms with E-state index in [9.17, 15) is 5.11 Å². The Morgan fingerprint density at radius 2 is 2.10 bits per heavy atom. The Labute approximate surface area is 123 Å². The lowest BCUT2D eigenvalue weighted by Gasteiger charge is -2.08. The van der Waals surface area contributed by atoms with E-state index in [0.717, 1.165) is 10.0 Å². The second kappa shape index (κ2) is 5.05. The zero-order chi connectivity index (χ0) is 14.1. The molecule has 0 aliphatic carbocycles. The Morgan fingerprint density at radius 3 is 2.80 bits per heavy atom. The van der Waals surface area contributed by atoms with Gasteiger partial charge >= 0.3 is 0 Å². The molecule has 20 heavy (non-hydrogen) atoms. The number of rotatable bonds is 2. The van der Waals surface area contributed by atoms with Crippen molar-refractivity contribution in [2.75, 3.05) is 7.11 Å². The Morgan fingerprint density at radius 1 is 1.25 bits per heavy atom. The lowest BCUT2D eigenvalue weighted by molar-refractivity contribution is 0.417. The molecule has 0 bridgehead atoms. The molecule has 3 rings (SSSR count). The van der Waals surface area contributed by atoms with E-state index < -0.39 is 0 Å². The molecule has 6 heteroatoms. The maximum absolute atomic E-state index is 10.1. The summed E-state index contributed by atoms with van der Waals surface area (Å²) < 4.78 is 6.09. The molecule has 5 nitrogen and oxygen atoms in total. The fourth-order valence-electron chi connectivity index (χ4n) is 1.93. The van der Waals surface area contributed by atoms with Gasteiger partial charge in [-0.05, 0) is 24.3 Å². The zero-order valence-electron chi connectivity index (χ0n) is 10.5. The number of fused-ring (bicyclic) bond motifs is 1. The van der Waals surface area contributed by atoms with Crippen LogP contribution < -0.4 is 4.74 Å². The van der Waals surface area contributed by atoms with Crippen LogP contribution in [0.5, 0.6) is 11.6 Å². The van der Waals surface area contributed by atoms with E-state index in [0.29, 0.717) is 22.5 Å². The van der Waals surface area contributed by atoms with Gasteiger partial charge in [-0.2, -0.15) is 4.98 Å². The van der Waals surface area contributed by atoms with Crippen LogP contribution in [0, 0.1) is 0 Å². The summed E-state index contributed by atoms with van der Waals surface area (Å²) in [5, 5.41) is 10.6. The highest BCUT2D eigenvalue weighted by Crippen LogP contribution is 2.34. The van der Waals surface area contributed by atoms with Crippen molar-refractivity contribution in [2.45, 2.75) is 0 Å². The molecule has 3 aromatic rings. The Hall–Kier alpha value is -2.21. The number of hydrogen-bond donors (Lipinski definition) is 1. The van der Waals surface area contributed by atoms with Gasteiger partial charge in [0.2, 0.25) is 5.88 Å². The molecule has 0 saturated carbocycles. The third-order valence-electron chi connectivity index (χ3n) is 2.85. The van der Waals surface area contributed by atoms with Crippen molar-refractivity contribution in [2.24, 2.45) is 0 Å². The molecule has 100 valence electrons. The Balaban J connectivity index is 2.31. The summed E-state index contributed by atoms with van der Waals surface area (Å²) in [4.78, 5) is 12.6. The van der Waals surface area contributed by atoms with E-state index in [1.165, 1.54) is 0 Å². The fourth-order valence-corrected chi connectivity index (χ4v) is 2.37. The highest BCUT2D eigenvalue weighted by Gasteiger charge is 2.13. The quantitative estimate of drug-likeness (QED) is 0.781. The first-order chi connectivity index (χ1) is 9.69. The van der Waals surface area contributed by atoms with Crippen LogP contribution in [-0.4, -0.2) is 27.2 Å². The molecular weight excluding hydrogens is 322 g/mol. The molecule has 0 amide bonds.